The average molecular weight is 303 g/mol. The van der Waals surface area contributed by atoms with E-state index in [1.165, 1.54) is 0 Å². The zero-order valence-corrected chi connectivity index (χ0v) is 11.4. The van der Waals surface area contributed by atoms with E-state index in [9.17, 15) is 4.79 Å². The topological polar surface area (TPSA) is 45.8 Å². The summed E-state index contributed by atoms with van der Waals surface area (Å²) in [6.07, 6.45) is 1.78. The van der Waals surface area contributed by atoms with Crippen LogP contribution < -0.4 is 5.56 Å². The molecule has 0 amide bonds. The molecule has 0 aliphatic rings. The molecular formula is C14H11BrN2O. The summed E-state index contributed by atoms with van der Waals surface area (Å²) < 4.78 is 2.55. The van der Waals surface area contributed by atoms with E-state index in [2.05, 4.69) is 15.9 Å². The van der Waals surface area contributed by atoms with Gasteiger partial charge in [0.05, 0.1) is 0 Å². The first kappa shape index (κ1) is 12.6. The highest BCUT2D eigenvalue weighted by atomic mass is 79.9. The highest BCUT2D eigenvalue weighted by Gasteiger charge is 2.06. The van der Waals surface area contributed by atoms with Gasteiger partial charge in [-0.1, -0.05) is 28.1 Å². The van der Waals surface area contributed by atoms with E-state index in [4.69, 9.17) is 5.26 Å². The van der Waals surface area contributed by atoms with Crippen molar-refractivity contribution in [2.75, 3.05) is 0 Å². The summed E-state index contributed by atoms with van der Waals surface area (Å²) in [6.45, 7) is 2.44. The Kier molecular flexibility index (Phi) is 3.63. The van der Waals surface area contributed by atoms with E-state index < -0.39 is 0 Å². The second-order valence-electron chi connectivity index (χ2n) is 3.85. The smallest absolute Gasteiger partial charge is 0.268 e. The average Bonchev–Trinajstić information content (AvgIpc) is 2.40. The molecule has 0 aliphatic carbocycles. The summed E-state index contributed by atoms with van der Waals surface area (Å²) >= 11 is 3.38. The van der Waals surface area contributed by atoms with Crippen LogP contribution in [0.4, 0.5) is 0 Å². The summed E-state index contributed by atoms with van der Waals surface area (Å²) in [7, 11) is 0. The van der Waals surface area contributed by atoms with Crippen LogP contribution in [-0.4, -0.2) is 4.57 Å². The summed E-state index contributed by atoms with van der Waals surface area (Å²) in [5.41, 5.74) is 1.80. The molecule has 0 bridgehead atoms. The SMILES string of the molecule is CCn1cc(-c2ccc(Br)cc2)cc(C#N)c1=O. The highest BCUT2D eigenvalue weighted by molar-refractivity contribution is 9.10. The zero-order valence-electron chi connectivity index (χ0n) is 9.85. The van der Waals surface area contributed by atoms with E-state index >= 15 is 0 Å². The molecule has 0 N–H and O–H groups in total. The predicted octanol–water partition coefficient (Wildman–Crippen LogP) is 3.17. The van der Waals surface area contributed by atoms with Gasteiger partial charge in [-0.3, -0.25) is 4.79 Å². The molecule has 90 valence electrons. The third kappa shape index (κ3) is 2.36. The fourth-order valence-electron chi connectivity index (χ4n) is 1.75. The van der Waals surface area contributed by atoms with Crippen molar-refractivity contribution in [2.45, 2.75) is 13.5 Å². The number of nitrogens with zero attached hydrogens (tertiary/aromatic N) is 2. The van der Waals surface area contributed by atoms with Gasteiger partial charge in [0.1, 0.15) is 11.6 Å². The van der Waals surface area contributed by atoms with E-state index in [0.29, 0.717) is 6.54 Å². The van der Waals surface area contributed by atoms with Crippen LogP contribution >= 0.6 is 15.9 Å². The third-order valence-electron chi connectivity index (χ3n) is 2.72. The number of hydrogen-bond acceptors (Lipinski definition) is 2. The van der Waals surface area contributed by atoms with E-state index in [1.807, 2.05) is 37.3 Å². The Labute approximate surface area is 113 Å². The lowest BCUT2D eigenvalue weighted by Crippen LogP contribution is -2.21. The second kappa shape index (κ2) is 5.19. The molecular weight excluding hydrogens is 292 g/mol. The number of halogens is 1. The summed E-state index contributed by atoms with van der Waals surface area (Å²) in [5, 5.41) is 8.98. The maximum atomic E-state index is 11.8. The monoisotopic (exact) mass is 302 g/mol. The zero-order chi connectivity index (χ0) is 13.1. The highest BCUT2D eigenvalue weighted by Crippen LogP contribution is 2.21. The van der Waals surface area contributed by atoms with Crippen molar-refractivity contribution < 1.29 is 0 Å². The molecule has 4 heteroatoms. The van der Waals surface area contributed by atoms with Crippen LogP contribution in [0.1, 0.15) is 12.5 Å². The lowest BCUT2D eigenvalue weighted by atomic mass is 10.1. The normalized spacial score (nSPS) is 10.1. The van der Waals surface area contributed by atoms with Gasteiger partial charge in [-0.15, -0.1) is 0 Å². The lowest BCUT2D eigenvalue weighted by Gasteiger charge is -2.07. The first-order valence-corrected chi connectivity index (χ1v) is 6.35. The molecule has 0 spiro atoms. The maximum Gasteiger partial charge on any atom is 0.268 e. The number of benzene rings is 1. The third-order valence-corrected chi connectivity index (χ3v) is 3.25. The predicted molar refractivity (Wildman–Crippen MR) is 74.2 cm³/mol. The number of hydrogen-bond donors (Lipinski definition) is 0. The Hall–Kier alpha value is -1.86. The van der Waals surface area contributed by atoms with Crippen molar-refractivity contribution in [1.29, 1.82) is 5.26 Å². The van der Waals surface area contributed by atoms with Crippen molar-refractivity contribution in [3.05, 3.63) is 56.9 Å². The standard InChI is InChI=1S/C14H11BrN2O/c1-2-17-9-12(7-11(8-16)14(17)18)10-3-5-13(15)6-4-10/h3-7,9H,2H2,1H3. The molecule has 0 aliphatic heterocycles. The van der Waals surface area contributed by atoms with Gasteiger partial charge in [-0.25, -0.2) is 0 Å². The Morgan fingerprint density at radius 2 is 1.94 bits per heavy atom. The van der Waals surface area contributed by atoms with Crippen LogP contribution in [0.3, 0.4) is 0 Å². The van der Waals surface area contributed by atoms with Gasteiger partial charge in [-0.2, -0.15) is 5.26 Å². The molecule has 0 saturated heterocycles. The fraction of sp³-hybridized carbons (Fsp3) is 0.143. The van der Waals surface area contributed by atoms with Gasteiger partial charge in [0.2, 0.25) is 0 Å². The van der Waals surface area contributed by atoms with Crippen molar-refractivity contribution in [3.63, 3.8) is 0 Å². The maximum absolute atomic E-state index is 11.8. The van der Waals surface area contributed by atoms with Crippen molar-refractivity contribution in [1.82, 2.24) is 4.57 Å². The minimum absolute atomic E-state index is 0.178. The minimum atomic E-state index is -0.235. The number of rotatable bonds is 2. The van der Waals surface area contributed by atoms with Crippen LogP contribution in [0.15, 0.2) is 45.8 Å². The van der Waals surface area contributed by atoms with Gasteiger partial charge in [-0.05, 0) is 36.2 Å². The van der Waals surface area contributed by atoms with Crippen LogP contribution in [0, 0.1) is 11.3 Å². The molecule has 2 rings (SSSR count). The van der Waals surface area contributed by atoms with Gasteiger partial charge >= 0.3 is 0 Å². The van der Waals surface area contributed by atoms with Crippen LogP contribution in [-0.2, 0) is 6.54 Å². The largest absolute Gasteiger partial charge is 0.314 e. The van der Waals surface area contributed by atoms with Crippen LogP contribution in [0.5, 0.6) is 0 Å². The first-order valence-electron chi connectivity index (χ1n) is 5.56. The second-order valence-corrected chi connectivity index (χ2v) is 4.77. The van der Waals surface area contributed by atoms with Gasteiger partial charge in [0.25, 0.3) is 5.56 Å². The number of aromatic nitrogens is 1. The molecule has 3 nitrogen and oxygen atoms in total. The molecule has 0 radical (unpaired) electrons. The van der Waals surface area contributed by atoms with E-state index in [0.717, 1.165) is 15.6 Å². The molecule has 0 unspecified atom stereocenters. The number of pyridine rings is 1. The Bertz CT molecular complexity index is 666. The van der Waals surface area contributed by atoms with E-state index in [1.54, 1.807) is 16.8 Å². The molecule has 1 heterocycles. The van der Waals surface area contributed by atoms with Crippen molar-refractivity contribution >= 4 is 15.9 Å². The Morgan fingerprint density at radius 3 is 2.50 bits per heavy atom. The van der Waals surface area contributed by atoms with Crippen LogP contribution in [0.2, 0.25) is 0 Å². The fourth-order valence-corrected chi connectivity index (χ4v) is 2.02. The van der Waals surface area contributed by atoms with Crippen LogP contribution in [0.25, 0.3) is 11.1 Å². The molecule has 2 aromatic rings. The van der Waals surface area contributed by atoms with Gasteiger partial charge < -0.3 is 4.57 Å². The van der Waals surface area contributed by atoms with Crippen molar-refractivity contribution in [2.24, 2.45) is 0 Å². The molecule has 0 saturated carbocycles. The Morgan fingerprint density at radius 1 is 1.28 bits per heavy atom. The molecule has 0 fully saturated rings. The Balaban J connectivity index is 2.62. The number of aryl methyl sites for hydroxylation is 1. The van der Waals surface area contributed by atoms with Crippen molar-refractivity contribution in [3.8, 4) is 17.2 Å². The first-order chi connectivity index (χ1) is 8.65. The molecule has 1 aromatic heterocycles. The van der Waals surface area contributed by atoms with Gasteiger partial charge in [0, 0.05) is 17.2 Å². The van der Waals surface area contributed by atoms with Gasteiger partial charge in [0.15, 0.2) is 0 Å². The summed E-state index contributed by atoms with van der Waals surface area (Å²) in [5.74, 6) is 0. The molecule has 1 aromatic carbocycles. The number of nitriles is 1. The minimum Gasteiger partial charge on any atom is -0.314 e. The molecule has 0 atom stereocenters. The lowest BCUT2D eigenvalue weighted by molar-refractivity contribution is 0.726. The van der Waals surface area contributed by atoms with E-state index in [-0.39, 0.29) is 11.1 Å². The molecule has 18 heavy (non-hydrogen) atoms. The quantitative estimate of drug-likeness (QED) is 0.855. The summed E-state index contributed by atoms with van der Waals surface area (Å²) in [4.78, 5) is 11.8. The summed E-state index contributed by atoms with van der Waals surface area (Å²) in [6, 6.07) is 11.4.